The average molecular weight is 243 g/mol. The smallest absolute Gasteiger partial charge is 0.0890 e. The fourth-order valence-electron chi connectivity index (χ4n) is 2.11. The van der Waals surface area contributed by atoms with E-state index in [9.17, 15) is 0 Å². The van der Waals surface area contributed by atoms with E-state index in [1.807, 2.05) is 23.9 Å². The van der Waals surface area contributed by atoms with Crippen LogP contribution in [0.2, 0.25) is 0 Å². The number of hydrogen-bond acceptors (Lipinski definition) is 2. The molecule has 2 N–H and O–H groups in total. The van der Waals surface area contributed by atoms with Crippen molar-refractivity contribution >= 4 is 0 Å². The van der Waals surface area contributed by atoms with Gasteiger partial charge >= 0.3 is 0 Å². The third kappa shape index (κ3) is 2.62. The summed E-state index contributed by atoms with van der Waals surface area (Å²) >= 11 is 0. The number of nitrogens with zero attached hydrogens (tertiary/aromatic N) is 2. The highest BCUT2D eigenvalue weighted by molar-refractivity contribution is 5.27. The molecule has 1 aromatic heterocycles. The predicted octanol–water partition coefficient (Wildman–Crippen LogP) is 2.86. The lowest BCUT2D eigenvalue weighted by Crippen LogP contribution is -2.21. The van der Waals surface area contributed by atoms with Crippen LogP contribution in [0.15, 0.2) is 36.5 Å². The van der Waals surface area contributed by atoms with E-state index in [1.54, 1.807) is 0 Å². The van der Waals surface area contributed by atoms with Crippen LogP contribution in [0.5, 0.6) is 0 Å². The molecular weight excluding hydrogens is 222 g/mol. The number of benzene rings is 1. The van der Waals surface area contributed by atoms with Crippen molar-refractivity contribution in [2.24, 2.45) is 5.73 Å². The van der Waals surface area contributed by atoms with Crippen molar-refractivity contribution in [2.45, 2.75) is 32.7 Å². The van der Waals surface area contributed by atoms with E-state index in [0.717, 1.165) is 5.69 Å². The van der Waals surface area contributed by atoms with E-state index < -0.39 is 0 Å². The first kappa shape index (κ1) is 12.8. The summed E-state index contributed by atoms with van der Waals surface area (Å²) in [6, 6.07) is 10.8. The van der Waals surface area contributed by atoms with E-state index >= 15 is 0 Å². The molecule has 0 aliphatic heterocycles. The summed E-state index contributed by atoms with van der Waals surface area (Å²) in [4.78, 5) is 0. The molecular formula is C15H21N3. The van der Waals surface area contributed by atoms with Crippen LogP contribution in [-0.4, -0.2) is 16.3 Å². The van der Waals surface area contributed by atoms with Crippen molar-refractivity contribution in [1.29, 1.82) is 0 Å². The average Bonchev–Trinajstić information content (AvgIpc) is 2.77. The number of rotatable bonds is 4. The molecule has 2 aromatic rings. The number of nitrogens with two attached hydrogens (primary N) is 1. The molecule has 2 rings (SSSR count). The van der Waals surface area contributed by atoms with Gasteiger partial charge in [0.05, 0.1) is 11.7 Å². The molecule has 0 spiro atoms. The van der Waals surface area contributed by atoms with Crippen LogP contribution < -0.4 is 5.73 Å². The van der Waals surface area contributed by atoms with E-state index in [2.05, 4.69) is 43.2 Å². The number of aromatic nitrogens is 2. The Hall–Kier alpha value is -1.61. The van der Waals surface area contributed by atoms with E-state index in [1.165, 1.54) is 11.1 Å². The van der Waals surface area contributed by atoms with Gasteiger partial charge in [0.1, 0.15) is 0 Å². The highest BCUT2D eigenvalue weighted by atomic mass is 15.3. The maximum Gasteiger partial charge on any atom is 0.0890 e. The summed E-state index contributed by atoms with van der Waals surface area (Å²) < 4.78 is 1.94. The van der Waals surface area contributed by atoms with Gasteiger partial charge in [0.15, 0.2) is 0 Å². The van der Waals surface area contributed by atoms with Crippen LogP contribution >= 0.6 is 0 Å². The molecule has 1 aromatic carbocycles. The molecule has 1 unspecified atom stereocenters. The Balaban J connectivity index is 2.28. The van der Waals surface area contributed by atoms with Gasteiger partial charge in [-0.3, -0.25) is 4.68 Å². The molecule has 3 nitrogen and oxygen atoms in total. The fraction of sp³-hybridized carbons (Fsp3) is 0.400. The van der Waals surface area contributed by atoms with E-state index in [0.29, 0.717) is 12.5 Å². The topological polar surface area (TPSA) is 43.8 Å². The lowest BCUT2D eigenvalue weighted by molar-refractivity contribution is 0.528. The second-order valence-corrected chi connectivity index (χ2v) is 5.01. The zero-order valence-electron chi connectivity index (χ0n) is 11.3. The Labute approximate surface area is 109 Å². The highest BCUT2D eigenvalue weighted by Crippen LogP contribution is 2.20. The molecule has 0 amide bonds. The number of hydrogen-bond donors (Lipinski definition) is 1. The predicted molar refractivity (Wildman–Crippen MR) is 74.7 cm³/mol. The van der Waals surface area contributed by atoms with Crippen LogP contribution in [-0.2, 0) is 0 Å². The van der Waals surface area contributed by atoms with Crippen molar-refractivity contribution < 1.29 is 0 Å². The minimum atomic E-state index is 0.125. The Bertz CT molecular complexity index is 497. The van der Waals surface area contributed by atoms with Crippen molar-refractivity contribution in [1.82, 2.24) is 9.78 Å². The maximum atomic E-state index is 5.88. The van der Waals surface area contributed by atoms with Crippen molar-refractivity contribution in [3.05, 3.63) is 53.3 Å². The van der Waals surface area contributed by atoms with Crippen LogP contribution in [0.1, 0.15) is 42.6 Å². The third-order valence-corrected chi connectivity index (χ3v) is 3.27. The van der Waals surface area contributed by atoms with Gasteiger partial charge in [0, 0.05) is 12.7 Å². The molecule has 0 aliphatic rings. The zero-order valence-corrected chi connectivity index (χ0v) is 11.3. The van der Waals surface area contributed by atoms with Gasteiger partial charge in [-0.05, 0) is 30.0 Å². The van der Waals surface area contributed by atoms with Crippen molar-refractivity contribution in [3.63, 3.8) is 0 Å². The normalized spacial score (nSPS) is 12.9. The van der Waals surface area contributed by atoms with Gasteiger partial charge in [-0.25, -0.2) is 0 Å². The Kier molecular flexibility index (Phi) is 3.82. The first-order chi connectivity index (χ1) is 8.61. The van der Waals surface area contributed by atoms with Gasteiger partial charge < -0.3 is 5.73 Å². The standard InChI is InChI=1S/C15H21N3/c1-11(2)13-4-6-14(7-5-13)15(10-16)18-9-8-12(3)17-18/h4-9,11,15H,10,16H2,1-3H3. The van der Waals surface area contributed by atoms with Crippen molar-refractivity contribution in [2.75, 3.05) is 6.54 Å². The van der Waals surface area contributed by atoms with Crippen LogP contribution in [0.4, 0.5) is 0 Å². The van der Waals surface area contributed by atoms with Gasteiger partial charge in [0.25, 0.3) is 0 Å². The SMILES string of the molecule is Cc1ccn(C(CN)c2ccc(C(C)C)cc2)n1. The van der Waals surface area contributed by atoms with Gasteiger partial charge in [0.2, 0.25) is 0 Å². The maximum absolute atomic E-state index is 5.88. The number of aryl methyl sites for hydroxylation is 1. The summed E-state index contributed by atoms with van der Waals surface area (Å²) in [5.74, 6) is 0.558. The summed E-state index contributed by atoms with van der Waals surface area (Å²) in [7, 11) is 0. The van der Waals surface area contributed by atoms with Crippen LogP contribution in [0, 0.1) is 6.92 Å². The molecule has 18 heavy (non-hydrogen) atoms. The minimum Gasteiger partial charge on any atom is -0.328 e. The van der Waals surface area contributed by atoms with Gasteiger partial charge in [-0.15, -0.1) is 0 Å². The summed E-state index contributed by atoms with van der Waals surface area (Å²) in [6.07, 6.45) is 1.99. The highest BCUT2D eigenvalue weighted by Gasteiger charge is 2.12. The first-order valence-electron chi connectivity index (χ1n) is 6.43. The second-order valence-electron chi connectivity index (χ2n) is 5.01. The lowest BCUT2D eigenvalue weighted by atomic mass is 9.99. The molecule has 1 heterocycles. The molecule has 3 heteroatoms. The van der Waals surface area contributed by atoms with Crippen LogP contribution in [0.3, 0.4) is 0 Å². The van der Waals surface area contributed by atoms with E-state index in [-0.39, 0.29) is 6.04 Å². The molecule has 0 bridgehead atoms. The van der Waals surface area contributed by atoms with Crippen LogP contribution in [0.25, 0.3) is 0 Å². The molecule has 1 atom stereocenters. The summed E-state index contributed by atoms with van der Waals surface area (Å²) in [6.45, 7) is 6.95. The zero-order chi connectivity index (χ0) is 13.1. The second kappa shape index (κ2) is 5.36. The van der Waals surface area contributed by atoms with Gasteiger partial charge in [-0.2, -0.15) is 5.10 Å². The van der Waals surface area contributed by atoms with E-state index in [4.69, 9.17) is 5.73 Å². The Morgan fingerprint density at radius 2 is 1.72 bits per heavy atom. The molecule has 0 saturated heterocycles. The molecule has 0 aliphatic carbocycles. The van der Waals surface area contributed by atoms with Crippen molar-refractivity contribution in [3.8, 4) is 0 Å². The molecule has 96 valence electrons. The van der Waals surface area contributed by atoms with Gasteiger partial charge in [-0.1, -0.05) is 38.1 Å². The molecule has 0 saturated carbocycles. The Morgan fingerprint density at radius 3 is 2.17 bits per heavy atom. The third-order valence-electron chi connectivity index (χ3n) is 3.27. The quantitative estimate of drug-likeness (QED) is 0.897. The molecule has 0 fully saturated rings. The molecule has 0 radical (unpaired) electrons. The largest absolute Gasteiger partial charge is 0.328 e. The summed E-state index contributed by atoms with van der Waals surface area (Å²) in [5, 5.41) is 4.45. The first-order valence-corrected chi connectivity index (χ1v) is 6.43. The monoisotopic (exact) mass is 243 g/mol. The Morgan fingerprint density at radius 1 is 1.11 bits per heavy atom. The minimum absolute atomic E-state index is 0.125. The lowest BCUT2D eigenvalue weighted by Gasteiger charge is -2.17. The summed E-state index contributed by atoms with van der Waals surface area (Å²) in [5.41, 5.74) is 9.47. The fourth-order valence-corrected chi connectivity index (χ4v) is 2.11.